The Kier molecular flexibility index (Phi) is 5.37. The van der Waals surface area contributed by atoms with Crippen LogP contribution in [-0.2, 0) is 0 Å². The Morgan fingerprint density at radius 2 is 2.29 bits per heavy atom. The van der Waals surface area contributed by atoms with Gasteiger partial charge in [0.15, 0.2) is 5.13 Å². The molecule has 1 rings (SSSR count). The topological polar surface area (TPSA) is 74.2 Å². The number of anilines is 1. The minimum atomic E-state index is -0.377. The molecule has 0 bridgehead atoms. The van der Waals surface area contributed by atoms with Gasteiger partial charge in [0, 0.05) is 17.6 Å². The van der Waals surface area contributed by atoms with Gasteiger partial charge in [-0.3, -0.25) is 5.32 Å². The Morgan fingerprint density at radius 3 is 2.82 bits per heavy atom. The van der Waals surface area contributed by atoms with Crippen LogP contribution in [-0.4, -0.2) is 28.8 Å². The summed E-state index contributed by atoms with van der Waals surface area (Å²) in [6.07, 6.45) is 1.89. The maximum absolute atomic E-state index is 11.4. The first-order valence-corrected chi connectivity index (χ1v) is 6.46. The minimum absolute atomic E-state index is 0.210. The fourth-order valence-corrected chi connectivity index (χ4v) is 1.88. The second-order valence-electron chi connectivity index (χ2n) is 4.26. The third-order valence-electron chi connectivity index (χ3n) is 2.34. The van der Waals surface area contributed by atoms with Crippen molar-refractivity contribution in [1.29, 1.82) is 0 Å². The van der Waals surface area contributed by atoms with Crippen LogP contribution in [0.1, 0.15) is 25.1 Å². The predicted molar refractivity (Wildman–Crippen MR) is 69.3 cm³/mol. The van der Waals surface area contributed by atoms with Crippen LogP contribution in [0.15, 0.2) is 6.20 Å². The fourth-order valence-electron chi connectivity index (χ4n) is 1.22. The summed E-state index contributed by atoms with van der Waals surface area (Å²) in [4.78, 5) is 16.5. The Hall–Kier alpha value is -1.14. The van der Waals surface area contributed by atoms with Crippen molar-refractivity contribution in [2.45, 2.75) is 33.3 Å². The van der Waals surface area contributed by atoms with Gasteiger partial charge in [0.25, 0.3) is 0 Å². The van der Waals surface area contributed by atoms with Crippen LogP contribution >= 0.6 is 11.3 Å². The summed E-state index contributed by atoms with van der Waals surface area (Å²) in [5, 5.41) is 15.5. The fraction of sp³-hybridized carbons (Fsp3) is 0.636. The quantitative estimate of drug-likeness (QED) is 0.755. The molecule has 1 aromatic rings. The molecule has 1 unspecified atom stereocenters. The summed E-state index contributed by atoms with van der Waals surface area (Å²) in [7, 11) is 0. The number of rotatable bonds is 5. The van der Waals surface area contributed by atoms with Crippen molar-refractivity contribution in [2.75, 3.05) is 11.9 Å². The molecule has 0 aliphatic carbocycles. The number of carbonyl (C=O) groups excluding carboxylic acids is 1. The van der Waals surface area contributed by atoms with Gasteiger partial charge in [-0.25, -0.2) is 9.78 Å². The van der Waals surface area contributed by atoms with Crippen molar-refractivity contribution in [3.63, 3.8) is 0 Å². The molecular formula is C11H19N3O2S. The lowest BCUT2D eigenvalue weighted by molar-refractivity contribution is 0.117. The first kappa shape index (κ1) is 13.9. The highest BCUT2D eigenvalue weighted by molar-refractivity contribution is 7.15. The van der Waals surface area contributed by atoms with E-state index in [0.29, 0.717) is 18.1 Å². The van der Waals surface area contributed by atoms with Crippen molar-refractivity contribution >= 4 is 22.5 Å². The molecule has 96 valence electrons. The van der Waals surface area contributed by atoms with E-state index >= 15 is 0 Å². The normalized spacial score (nSPS) is 12.5. The highest BCUT2D eigenvalue weighted by Crippen LogP contribution is 2.15. The largest absolute Gasteiger partial charge is 0.393 e. The highest BCUT2D eigenvalue weighted by Gasteiger charge is 2.09. The number of aliphatic hydroxyl groups excluding tert-OH is 1. The van der Waals surface area contributed by atoms with E-state index in [1.807, 2.05) is 20.8 Å². The van der Waals surface area contributed by atoms with E-state index in [1.165, 1.54) is 11.3 Å². The lowest BCUT2D eigenvalue weighted by Gasteiger charge is -2.14. The zero-order valence-corrected chi connectivity index (χ0v) is 11.2. The molecule has 1 aromatic heterocycles. The van der Waals surface area contributed by atoms with Crippen LogP contribution in [0.25, 0.3) is 0 Å². The van der Waals surface area contributed by atoms with Crippen LogP contribution in [0.3, 0.4) is 0 Å². The molecule has 2 amide bonds. The minimum Gasteiger partial charge on any atom is -0.393 e. The number of hydrogen-bond donors (Lipinski definition) is 3. The van der Waals surface area contributed by atoms with Crippen LogP contribution < -0.4 is 10.6 Å². The molecule has 0 aliphatic rings. The number of amides is 2. The SMILES string of the molecule is Cc1cnc(NC(=O)NCCC(O)C(C)C)s1. The van der Waals surface area contributed by atoms with Crippen molar-refractivity contribution in [3.05, 3.63) is 11.1 Å². The standard InChI is InChI=1S/C11H19N3O2S/c1-7(2)9(15)4-5-12-10(16)14-11-13-6-8(3)17-11/h6-7,9,15H,4-5H2,1-3H3,(H2,12,13,14,16). The molecule has 0 aliphatic heterocycles. The number of nitrogens with zero attached hydrogens (tertiary/aromatic N) is 1. The molecule has 1 heterocycles. The predicted octanol–water partition coefficient (Wildman–Crippen LogP) is 1.98. The van der Waals surface area contributed by atoms with Crippen LogP contribution in [0, 0.1) is 12.8 Å². The van der Waals surface area contributed by atoms with Gasteiger partial charge in [-0.05, 0) is 19.3 Å². The lowest BCUT2D eigenvalue weighted by Crippen LogP contribution is -2.32. The number of aromatic nitrogens is 1. The third kappa shape index (κ3) is 5.14. The Balaban J connectivity index is 2.22. The zero-order valence-electron chi connectivity index (χ0n) is 10.4. The second-order valence-corrected chi connectivity index (χ2v) is 5.49. The number of aryl methyl sites for hydroxylation is 1. The number of aliphatic hydroxyl groups is 1. The van der Waals surface area contributed by atoms with Crippen LogP contribution in [0.4, 0.5) is 9.93 Å². The van der Waals surface area contributed by atoms with Gasteiger partial charge >= 0.3 is 6.03 Å². The maximum Gasteiger partial charge on any atom is 0.321 e. The van der Waals surface area contributed by atoms with E-state index in [1.54, 1.807) is 6.20 Å². The molecule has 0 saturated carbocycles. The van der Waals surface area contributed by atoms with Crippen molar-refractivity contribution in [3.8, 4) is 0 Å². The molecule has 1 atom stereocenters. The molecule has 0 fully saturated rings. The molecule has 3 N–H and O–H groups in total. The molecule has 17 heavy (non-hydrogen) atoms. The smallest absolute Gasteiger partial charge is 0.321 e. The van der Waals surface area contributed by atoms with Gasteiger partial charge in [-0.2, -0.15) is 0 Å². The number of nitrogens with one attached hydrogen (secondary N) is 2. The molecule has 5 nitrogen and oxygen atoms in total. The summed E-state index contributed by atoms with van der Waals surface area (Å²) < 4.78 is 0. The number of hydrogen-bond acceptors (Lipinski definition) is 4. The third-order valence-corrected chi connectivity index (χ3v) is 3.17. The average molecular weight is 257 g/mol. The van der Waals surface area contributed by atoms with E-state index in [4.69, 9.17) is 0 Å². The highest BCUT2D eigenvalue weighted by atomic mass is 32.1. The van der Waals surface area contributed by atoms with E-state index in [0.717, 1.165) is 4.88 Å². The first-order valence-electron chi connectivity index (χ1n) is 5.64. The second kappa shape index (κ2) is 6.56. The van der Waals surface area contributed by atoms with Crippen molar-refractivity contribution in [1.82, 2.24) is 10.3 Å². The maximum atomic E-state index is 11.4. The lowest BCUT2D eigenvalue weighted by atomic mass is 10.0. The van der Waals surface area contributed by atoms with Crippen LogP contribution in [0.5, 0.6) is 0 Å². The molecular weight excluding hydrogens is 238 g/mol. The van der Waals surface area contributed by atoms with Gasteiger partial charge in [-0.15, -0.1) is 11.3 Å². The average Bonchev–Trinajstić information content (AvgIpc) is 2.63. The van der Waals surface area contributed by atoms with Gasteiger partial charge < -0.3 is 10.4 Å². The summed E-state index contributed by atoms with van der Waals surface area (Å²) in [6, 6.07) is -0.282. The van der Waals surface area contributed by atoms with Crippen LogP contribution in [0.2, 0.25) is 0 Å². The summed E-state index contributed by atoms with van der Waals surface area (Å²) >= 11 is 1.43. The van der Waals surface area contributed by atoms with Gasteiger partial charge in [-0.1, -0.05) is 13.8 Å². The zero-order chi connectivity index (χ0) is 12.8. The van der Waals surface area contributed by atoms with Crippen molar-refractivity contribution in [2.24, 2.45) is 5.92 Å². The molecule has 0 radical (unpaired) electrons. The monoisotopic (exact) mass is 257 g/mol. The van der Waals surface area contributed by atoms with Gasteiger partial charge in [0.05, 0.1) is 6.10 Å². The van der Waals surface area contributed by atoms with E-state index < -0.39 is 0 Å². The summed E-state index contributed by atoms with van der Waals surface area (Å²) in [6.45, 7) is 6.28. The van der Waals surface area contributed by atoms with E-state index in [-0.39, 0.29) is 18.1 Å². The molecule has 0 spiro atoms. The van der Waals surface area contributed by atoms with E-state index in [2.05, 4.69) is 15.6 Å². The number of carbonyl (C=O) groups is 1. The molecule has 0 saturated heterocycles. The van der Waals surface area contributed by atoms with Gasteiger partial charge in [0.1, 0.15) is 0 Å². The molecule has 6 heteroatoms. The number of thiazole rings is 1. The number of urea groups is 1. The van der Waals surface area contributed by atoms with Gasteiger partial charge in [0.2, 0.25) is 0 Å². The summed E-state index contributed by atoms with van der Waals surface area (Å²) in [5.74, 6) is 0.210. The van der Waals surface area contributed by atoms with E-state index in [9.17, 15) is 9.90 Å². The Labute approximate surface area is 105 Å². The Bertz CT molecular complexity index is 365. The summed E-state index contributed by atoms with van der Waals surface area (Å²) in [5.41, 5.74) is 0. The first-order chi connectivity index (χ1) is 7.99. The molecule has 0 aromatic carbocycles. The van der Waals surface area contributed by atoms with Crippen molar-refractivity contribution < 1.29 is 9.90 Å². The Morgan fingerprint density at radius 1 is 1.59 bits per heavy atom.